The summed E-state index contributed by atoms with van der Waals surface area (Å²) in [5.74, 6) is 2.14. The zero-order valence-electron chi connectivity index (χ0n) is 17.6. The molecule has 0 aliphatic carbocycles. The number of methoxy groups -OCH3 is 1. The van der Waals surface area contributed by atoms with Crippen LogP contribution in [0.3, 0.4) is 0 Å². The van der Waals surface area contributed by atoms with E-state index in [0.29, 0.717) is 28.2 Å². The Hall–Kier alpha value is -3.43. The van der Waals surface area contributed by atoms with E-state index in [2.05, 4.69) is 21.2 Å². The molecule has 0 fully saturated rings. The number of halogens is 1. The van der Waals surface area contributed by atoms with E-state index in [1.54, 1.807) is 41.2 Å². The average molecular weight is 479 g/mol. The summed E-state index contributed by atoms with van der Waals surface area (Å²) in [6.07, 6.45) is 0. The van der Waals surface area contributed by atoms with Gasteiger partial charge in [0, 0.05) is 0 Å². The third-order valence-electron chi connectivity index (χ3n) is 4.88. The second kappa shape index (κ2) is 9.60. The number of nitrogens with zero attached hydrogens (tertiary/aromatic N) is 4. The van der Waals surface area contributed by atoms with E-state index in [9.17, 15) is 4.39 Å². The second-order valence-corrected chi connectivity index (χ2v) is 9.07. The lowest BCUT2D eigenvalue weighted by molar-refractivity contribution is 0.292. The van der Waals surface area contributed by atoms with Gasteiger partial charge in [-0.1, -0.05) is 36.0 Å². The Morgan fingerprint density at radius 3 is 2.48 bits per heavy atom. The molecule has 0 spiro atoms. The Labute approximate surface area is 198 Å². The number of rotatable bonds is 8. The summed E-state index contributed by atoms with van der Waals surface area (Å²) in [7, 11) is 1.61. The van der Waals surface area contributed by atoms with Gasteiger partial charge in [-0.15, -0.1) is 21.5 Å². The molecule has 0 unspecified atom stereocenters. The molecule has 0 aliphatic rings. The maximum absolute atomic E-state index is 14.7. The zero-order valence-corrected chi connectivity index (χ0v) is 19.3. The van der Waals surface area contributed by atoms with Crippen molar-refractivity contribution in [3.8, 4) is 17.2 Å². The number of benzene rings is 3. The lowest BCUT2D eigenvalue weighted by atomic mass is 10.3. The molecular weight excluding hydrogens is 459 g/mol. The van der Waals surface area contributed by atoms with Gasteiger partial charge in [-0.2, -0.15) is 0 Å². The number of hydrogen-bond donors (Lipinski definition) is 0. The van der Waals surface area contributed by atoms with E-state index < -0.39 is 0 Å². The van der Waals surface area contributed by atoms with Crippen LogP contribution < -0.4 is 9.47 Å². The highest BCUT2D eigenvalue weighted by Gasteiger charge is 2.18. The van der Waals surface area contributed by atoms with Gasteiger partial charge in [-0.25, -0.2) is 9.37 Å². The molecule has 0 saturated heterocycles. The quantitative estimate of drug-likeness (QED) is 0.259. The van der Waals surface area contributed by atoms with Crippen LogP contribution in [0, 0.1) is 5.82 Å². The Kier molecular flexibility index (Phi) is 6.23. The predicted molar refractivity (Wildman–Crippen MR) is 128 cm³/mol. The predicted octanol–water partition coefficient (Wildman–Crippen LogP) is 5.90. The molecule has 3 aromatic carbocycles. The fourth-order valence-electron chi connectivity index (χ4n) is 3.29. The van der Waals surface area contributed by atoms with Crippen LogP contribution in [-0.2, 0) is 12.4 Å². The smallest absolute Gasteiger partial charge is 0.196 e. The number of thiazole rings is 1. The molecule has 0 radical (unpaired) electrons. The molecule has 0 atom stereocenters. The SMILES string of the molecule is COc1ccc(OCc2nnc(SCc3nc4ccccc4s3)n2-c2ccccc2F)cc1. The normalized spacial score (nSPS) is 11.1. The van der Waals surface area contributed by atoms with Crippen molar-refractivity contribution in [3.05, 3.63) is 89.4 Å². The molecule has 5 aromatic rings. The van der Waals surface area contributed by atoms with E-state index >= 15 is 0 Å². The molecule has 5 rings (SSSR count). The summed E-state index contributed by atoms with van der Waals surface area (Å²) in [6.45, 7) is 0.134. The van der Waals surface area contributed by atoms with Gasteiger partial charge < -0.3 is 9.47 Å². The van der Waals surface area contributed by atoms with Gasteiger partial charge in [0.25, 0.3) is 0 Å². The summed E-state index contributed by atoms with van der Waals surface area (Å²) < 4.78 is 28.6. The standard InChI is InChI=1S/C24H19FN4O2S2/c1-30-16-10-12-17(13-11-16)31-14-22-27-28-24(29(22)20-8-4-2-6-18(20)25)32-15-23-26-19-7-3-5-9-21(19)33-23/h2-13H,14-15H2,1H3. The number of hydrogen-bond acceptors (Lipinski definition) is 7. The van der Waals surface area contributed by atoms with Crippen LogP contribution in [0.15, 0.2) is 78.0 Å². The van der Waals surface area contributed by atoms with Gasteiger partial charge in [0.05, 0.1) is 28.8 Å². The summed E-state index contributed by atoms with van der Waals surface area (Å²) in [6, 6.07) is 21.9. The monoisotopic (exact) mass is 478 g/mol. The molecular formula is C24H19FN4O2S2. The van der Waals surface area contributed by atoms with Crippen molar-refractivity contribution < 1.29 is 13.9 Å². The van der Waals surface area contributed by atoms with Crippen LogP contribution in [0.2, 0.25) is 0 Å². The third-order valence-corrected chi connectivity index (χ3v) is 7.04. The topological polar surface area (TPSA) is 62.1 Å². The summed E-state index contributed by atoms with van der Waals surface area (Å²) >= 11 is 3.11. The Bertz CT molecular complexity index is 1350. The fourth-order valence-corrected chi connectivity index (χ4v) is 5.21. The first kappa shape index (κ1) is 21.4. The van der Waals surface area contributed by atoms with E-state index in [1.807, 2.05) is 42.5 Å². The highest BCUT2D eigenvalue weighted by Crippen LogP contribution is 2.30. The van der Waals surface area contributed by atoms with Crippen molar-refractivity contribution >= 4 is 33.3 Å². The third kappa shape index (κ3) is 4.69. The minimum atomic E-state index is -0.357. The number of para-hydroxylation sites is 2. The van der Waals surface area contributed by atoms with Crippen LogP contribution >= 0.6 is 23.1 Å². The first-order valence-electron chi connectivity index (χ1n) is 10.1. The van der Waals surface area contributed by atoms with Gasteiger partial charge in [0.2, 0.25) is 0 Å². The Balaban J connectivity index is 1.40. The lowest BCUT2D eigenvalue weighted by Crippen LogP contribution is -2.08. The molecule has 2 aromatic heterocycles. The molecule has 0 N–H and O–H groups in total. The minimum Gasteiger partial charge on any atom is -0.497 e. The van der Waals surface area contributed by atoms with E-state index in [4.69, 9.17) is 9.47 Å². The Morgan fingerprint density at radius 1 is 0.939 bits per heavy atom. The highest BCUT2D eigenvalue weighted by molar-refractivity contribution is 7.98. The maximum atomic E-state index is 14.7. The first-order valence-corrected chi connectivity index (χ1v) is 11.9. The van der Waals surface area contributed by atoms with Crippen molar-refractivity contribution in [1.29, 1.82) is 0 Å². The first-order chi connectivity index (χ1) is 16.2. The van der Waals surface area contributed by atoms with Gasteiger partial charge in [-0.3, -0.25) is 4.57 Å². The van der Waals surface area contributed by atoms with Gasteiger partial charge in [-0.05, 0) is 48.5 Å². The summed E-state index contributed by atoms with van der Waals surface area (Å²) in [4.78, 5) is 4.68. The molecule has 6 nitrogen and oxygen atoms in total. The minimum absolute atomic E-state index is 0.134. The molecule has 0 amide bonds. The van der Waals surface area contributed by atoms with Gasteiger partial charge in [0.1, 0.15) is 28.9 Å². The molecule has 2 heterocycles. The van der Waals surface area contributed by atoms with Crippen LogP contribution in [0.25, 0.3) is 15.9 Å². The maximum Gasteiger partial charge on any atom is 0.196 e. The number of ether oxygens (including phenoxy) is 2. The fraction of sp³-hybridized carbons (Fsp3) is 0.125. The van der Waals surface area contributed by atoms with Crippen molar-refractivity contribution in [2.24, 2.45) is 0 Å². The largest absolute Gasteiger partial charge is 0.497 e. The average Bonchev–Trinajstić information content (AvgIpc) is 3.45. The molecule has 33 heavy (non-hydrogen) atoms. The number of thioether (sulfide) groups is 1. The highest BCUT2D eigenvalue weighted by atomic mass is 32.2. The molecule has 0 bridgehead atoms. The van der Waals surface area contributed by atoms with Crippen LogP contribution in [-0.4, -0.2) is 26.9 Å². The molecule has 166 valence electrons. The molecule has 0 aliphatic heterocycles. The molecule has 0 saturated carbocycles. The lowest BCUT2D eigenvalue weighted by Gasteiger charge is -2.12. The van der Waals surface area contributed by atoms with Gasteiger partial charge in [0.15, 0.2) is 11.0 Å². The van der Waals surface area contributed by atoms with Crippen molar-refractivity contribution in [2.45, 2.75) is 17.5 Å². The number of fused-ring (bicyclic) bond motifs is 1. The summed E-state index contributed by atoms with van der Waals surface area (Å²) in [5, 5.41) is 10.2. The van der Waals surface area contributed by atoms with Crippen molar-refractivity contribution in [3.63, 3.8) is 0 Å². The number of aromatic nitrogens is 4. The van der Waals surface area contributed by atoms with E-state index in [0.717, 1.165) is 21.0 Å². The van der Waals surface area contributed by atoms with E-state index in [1.165, 1.54) is 17.8 Å². The zero-order chi connectivity index (χ0) is 22.6. The van der Waals surface area contributed by atoms with E-state index in [-0.39, 0.29) is 12.4 Å². The van der Waals surface area contributed by atoms with Crippen molar-refractivity contribution in [2.75, 3.05) is 7.11 Å². The summed E-state index contributed by atoms with van der Waals surface area (Å²) in [5.41, 5.74) is 1.35. The van der Waals surface area contributed by atoms with Gasteiger partial charge >= 0.3 is 0 Å². The van der Waals surface area contributed by atoms with Crippen LogP contribution in [0.1, 0.15) is 10.8 Å². The van der Waals surface area contributed by atoms with Crippen LogP contribution in [0.5, 0.6) is 11.5 Å². The second-order valence-electron chi connectivity index (χ2n) is 7.01. The van der Waals surface area contributed by atoms with Crippen molar-refractivity contribution in [1.82, 2.24) is 19.7 Å². The Morgan fingerprint density at radius 2 is 1.70 bits per heavy atom. The van der Waals surface area contributed by atoms with Crippen LogP contribution in [0.4, 0.5) is 4.39 Å². The molecule has 9 heteroatoms.